The highest BCUT2D eigenvalue weighted by atomic mass is 35.5. The van der Waals surface area contributed by atoms with Crippen molar-refractivity contribution in [2.45, 2.75) is 19.4 Å². The first-order valence-corrected chi connectivity index (χ1v) is 12.6. The Morgan fingerprint density at radius 2 is 1.68 bits per heavy atom. The SMILES string of the molecule is O=C(CN1C(=O)S/C(=C/c2cc(Cl)c(OCc3ccc(Cl)cc3Cl)c(Cl)c2)C1=O)N1CCCC1. The van der Waals surface area contributed by atoms with E-state index in [0.29, 0.717) is 34.3 Å². The number of amides is 3. The van der Waals surface area contributed by atoms with Crippen LogP contribution in [0.2, 0.25) is 20.1 Å². The summed E-state index contributed by atoms with van der Waals surface area (Å²) in [5, 5.41) is 0.939. The molecule has 0 aromatic heterocycles. The average molecular weight is 560 g/mol. The number of hydrogen-bond acceptors (Lipinski definition) is 5. The first-order chi connectivity index (χ1) is 16.2. The van der Waals surface area contributed by atoms with Crippen LogP contribution in [0, 0.1) is 0 Å². The molecule has 3 amide bonds. The molecule has 2 heterocycles. The number of thioether (sulfide) groups is 1. The van der Waals surface area contributed by atoms with Crippen molar-refractivity contribution >= 4 is 81.3 Å². The monoisotopic (exact) mass is 558 g/mol. The minimum Gasteiger partial charge on any atom is -0.486 e. The van der Waals surface area contributed by atoms with E-state index in [1.807, 2.05) is 0 Å². The van der Waals surface area contributed by atoms with Crippen molar-refractivity contribution < 1.29 is 19.1 Å². The number of benzene rings is 2. The summed E-state index contributed by atoms with van der Waals surface area (Å²) in [5.41, 5.74) is 1.22. The zero-order valence-corrected chi connectivity index (χ0v) is 21.5. The van der Waals surface area contributed by atoms with Crippen LogP contribution in [0.3, 0.4) is 0 Å². The lowest BCUT2D eigenvalue weighted by Gasteiger charge is -2.18. The fourth-order valence-electron chi connectivity index (χ4n) is 3.58. The number of likely N-dealkylation sites (tertiary alicyclic amines) is 1. The van der Waals surface area contributed by atoms with E-state index in [0.717, 1.165) is 29.5 Å². The molecule has 34 heavy (non-hydrogen) atoms. The summed E-state index contributed by atoms with van der Waals surface area (Å²) < 4.78 is 5.76. The molecule has 0 aliphatic carbocycles. The number of hydrogen-bond donors (Lipinski definition) is 0. The van der Waals surface area contributed by atoms with E-state index in [-0.39, 0.29) is 39.8 Å². The lowest BCUT2D eigenvalue weighted by Crippen LogP contribution is -2.40. The van der Waals surface area contributed by atoms with E-state index >= 15 is 0 Å². The molecule has 178 valence electrons. The number of halogens is 4. The Morgan fingerprint density at radius 3 is 2.32 bits per heavy atom. The number of carbonyl (C=O) groups excluding carboxylic acids is 3. The molecule has 2 aromatic rings. The van der Waals surface area contributed by atoms with E-state index < -0.39 is 11.1 Å². The molecular weight excluding hydrogens is 542 g/mol. The quantitative estimate of drug-likeness (QED) is 0.376. The number of imide groups is 1. The first kappa shape index (κ1) is 25.2. The van der Waals surface area contributed by atoms with E-state index in [1.165, 1.54) is 6.08 Å². The highest BCUT2D eigenvalue weighted by Crippen LogP contribution is 2.38. The maximum atomic E-state index is 12.8. The molecule has 2 saturated heterocycles. The molecule has 4 rings (SSSR count). The lowest BCUT2D eigenvalue weighted by molar-refractivity contribution is -0.135. The number of rotatable bonds is 6. The third kappa shape index (κ3) is 5.66. The van der Waals surface area contributed by atoms with E-state index in [4.69, 9.17) is 51.1 Å². The Hall–Kier alpha value is -1.90. The van der Waals surface area contributed by atoms with Crippen LogP contribution < -0.4 is 4.74 Å². The van der Waals surface area contributed by atoms with Gasteiger partial charge in [-0.25, -0.2) is 0 Å². The summed E-state index contributed by atoms with van der Waals surface area (Å²) in [6.07, 6.45) is 3.38. The van der Waals surface area contributed by atoms with Crippen molar-refractivity contribution in [2.24, 2.45) is 0 Å². The van der Waals surface area contributed by atoms with Gasteiger partial charge in [0.2, 0.25) is 5.91 Å². The second-order valence-electron chi connectivity index (χ2n) is 7.69. The van der Waals surface area contributed by atoms with Crippen molar-refractivity contribution in [3.05, 3.63) is 66.5 Å². The third-order valence-electron chi connectivity index (χ3n) is 5.33. The molecule has 0 atom stereocenters. The molecule has 2 fully saturated rings. The molecule has 11 heteroatoms. The van der Waals surface area contributed by atoms with Gasteiger partial charge in [-0.15, -0.1) is 0 Å². The van der Waals surface area contributed by atoms with Crippen LogP contribution in [0.25, 0.3) is 6.08 Å². The Labute approximate surface area is 220 Å². The smallest absolute Gasteiger partial charge is 0.294 e. The van der Waals surface area contributed by atoms with Gasteiger partial charge in [0.15, 0.2) is 5.75 Å². The van der Waals surface area contributed by atoms with Crippen LogP contribution >= 0.6 is 58.2 Å². The minimum absolute atomic E-state index is 0.124. The van der Waals surface area contributed by atoms with Gasteiger partial charge >= 0.3 is 0 Å². The predicted octanol–water partition coefficient (Wildman–Crippen LogP) is 6.54. The Morgan fingerprint density at radius 1 is 1.00 bits per heavy atom. The zero-order chi connectivity index (χ0) is 24.4. The van der Waals surface area contributed by atoms with Crippen LogP contribution in [0.5, 0.6) is 5.75 Å². The van der Waals surface area contributed by atoms with Crippen LogP contribution in [-0.4, -0.2) is 46.5 Å². The van der Waals surface area contributed by atoms with E-state index in [1.54, 1.807) is 35.2 Å². The molecule has 6 nitrogen and oxygen atoms in total. The molecule has 0 saturated carbocycles. The van der Waals surface area contributed by atoms with Crippen LogP contribution in [0.4, 0.5) is 4.79 Å². The maximum absolute atomic E-state index is 12.8. The average Bonchev–Trinajstić information content (AvgIpc) is 3.39. The highest BCUT2D eigenvalue weighted by molar-refractivity contribution is 8.18. The second-order valence-corrected chi connectivity index (χ2v) is 10.3. The first-order valence-electron chi connectivity index (χ1n) is 10.3. The van der Waals surface area contributed by atoms with Crippen LogP contribution in [0.1, 0.15) is 24.0 Å². The fraction of sp³-hybridized carbons (Fsp3) is 0.261. The largest absolute Gasteiger partial charge is 0.486 e. The summed E-state index contributed by atoms with van der Waals surface area (Å²) in [4.78, 5) is 40.3. The predicted molar refractivity (Wildman–Crippen MR) is 136 cm³/mol. The molecule has 2 aromatic carbocycles. The molecule has 2 aliphatic heterocycles. The van der Waals surface area contributed by atoms with Gasteiger partial charge in [-0.1, -0.05) is 52.5 Å². The van der Waals surface area contributed by atoms with Crippen molar-refractivity contribution in [1.29, 1.82) is 0 Å². The van der Waals surface area contributed by atoms with Crippen LogP contribution in [0.15, 0.2) is 35.2 Å². The van der Waals surface area contributed by atoms with Gasteiger partial charge in [0, 0.05) is 28.7 Å². The standard InChI is InChI=1S/C23H18Cl4N2O4S/c24-15-4-3-14(16(25)10-15)12-33-21-17(26)7-13(8-18(21)27)9-19-22(31)29(23(32)34-19)11-20(30)28-5-1-2-6-28/h3-4,7-10H,1-2,5-6,11-12H2/b19-9+. The third-order valence-corrected chi connectivity index (χ3v) is 7.39. The molecule has 2 aliphatic rings. The second kappa shape index (κ2) is 10.8. The van der Waals surface area contributed by atoms with Gasteiger partial charge in [0.1, 0.15) is 13.2 Å². The zero-order valence-electron chi connectivity index (χ0n) is 17.7. The van der Waals surface area contributed by atoms with Crippen molar-refractivity contribution in [3.63, 3.8) is 0 Å². The van der Waals surface area contributed by atoms with Crippen molar-refractivity contribution in [2.75, 3.05) is 19.6 Å². The van der Waals surface area contributed by atoms with Gasteiger partial charge in [-0.05, 0) is 60.5 Å². The molecule has 0 N–H and O–H groups in total. The number of carbonyl (C=O) groups is 3. The number of nitrogens with zero attached hydrogens (tertiary/aromatic N) is 2. The van der Waals surface area contributed by atoms with E-state index in [9.17, 15) is 14.4 Å². The number of ether oxygens (including phenoxy) is 1. The molecular formula is C23H18Cl4N2O4S. The summed E-state index contributed by atoms with van der Waals surface area (Å²) in [6, 6.07) is 8.21. The van der Waals surface area contributed by atoms with Gasteiger partial charge < -0.3 is 9.64 Å². The van der Waals surface area contributed by atoms with Gasteiger partial charge in [-0.2, -0.15) is 0 Å². The van der Waals surface area contributed by atoms with Gasteiger partial charge in [-0.3, -0.25) is 19.3 Å². The maximum Gasteiger partial charge on any atom is 0.294 e. The van der Waals surface area contributed by atoms with E-state index in [2.05, 4.69) is 0 Å². The Balaban J connectivity index is 1.46. The summed E-state index contributed by atoms with van der Waals surface area (Å²) >= 11 is 25.6. The van der Waals surface area contributed by atoms with Gasteiger partial charge in [0.25, 0.3) is 11.1 Å². The molecule has 0 unspecified atom stereocenters. The fourth-order valence-corrected chi connectivity index (χ4v) is 5.49. The Kier molecular flexibility index (Phi) is 8.00. The highest BCUT2D eigenvalue weighted by Gasteiger charge is 2.37. The summed E-state index contributed by atoms with van der Waals surface area (Å²) in [6.45, 7) is 1.17. The van der Waals surface area contributed by atoms with Crippen molar-refractivity contribution in [3.8, 4) is 5.75 Å². The van der Waals surface area contributed by atoms with Crippen LogP contribution in [-0.2, 0) is 16.2 Å². The minimum atomic E-state index is -0.521. The normalized spacial score (nSPS) is 17.2. The summed E-state index contributed by atoms with van der Waals surface area (Å²) in [5.74, 6) is -0.488. The topological polar surface area (TPSA) is 66.9 Å². The lowest BCUT2D eigenvalue weighted by atomic mass is 10.2. The molecule has 0 radical (unpaired) electrons. The molecule has 0 bridgehead atoms. The Bertz CT molecular complexity index is 1170. The van der Waals surface area contributed by atoms with Crippen molar-refractivity contribution in [1.82, 2.24) is 9.80 Å². The molecule has 0 spiro atoms. The summed E-state index contributed by atoms with van der Waals surface area (Å²) in [7, 11) is 0. The van der Waals surface area contributed by atoms with Gasteiger partial charge in [0.05, 0.1) is 15.0 Å².